The second kappa shape index (κ2) is 9.12. The number of ether oxygens (including phenoxy) is 1. The van der Waals surface area contributed by atoms with Gasteiger partial charge in [0, 0.05) is 38.5 Å². The van der Waals surface area contributed by atoms with Crippen molar-refractivity contribution in [3.63, 3.8) is 0 Å². The summed E-state index contributed by atoms with van der Waals surface area (Å²) in [4.78, 5) is 34.4. The van der Waals surface area contributed by atoms with Crippen LogP contribution in [0.25, 0.3) is 11.0 Å². The van der Waals surface area contributed by atoms with Crippen LogP contribution < -0.4 is 0 Å². The van der Waals surface area contributed by atoms with E-state index < -0.39 is 0 Å². The summed E-state index contributed by atoms with van der Waals surface area (Å²) in [6.45, 7) is 3.98. The molecule has 0 unspecified atom stereocenters. The van der Waals surface area contributed by atoms with E-state index in [1.54, 1.807) is 0 Å². The molecule has 0 N–H and O–H groups in total. The molecule has 7 nitrogen and oxygen atoms in total. The van der Waals surface area contributed by atoms with Gasteiger partial charge >= 0.3 is 0 Å². The van der Waals surface area contributed by atoms with Crippen LogP contribution in [0.3, 0.4) is 0 Å². The van der Waals surface area contributed by atoms with Gasteiger partial charge in [0.2, 0.25) is 11.8 Å². The Morgan fingerprint density at radius 2 is 1.78 bits per heavy atom. The predicted octanol–water partition coefficient (Wildman–Crippen LogP) is 2.45. The lowest BCUT2D eigenvalue weighted by Gasteiger charge is -2.27. The first kappa shape index (κ1) is 20.7. The number of morpholine rings is 1. The van der Waals surface area contributed by atoms with E-state index in [9.17, 15) is 9.59 Å². The van der Waals surface area contributed by atoms with Gasteiger partial charge in [0.25, 0.3) is 0 Å². The fraction of sp³-hybridized carbons (Fsp3) is 0.400. The van der Waals surface area contributed by atoms with Crippen molar-refractivity contribution in [1.29, 1.82) is 0 Å². The van der Waals surface area contributed by atoms with Crippen LogP contribution in [0.4, 0.5) is 0 Å². The van der Waals surface area contributed by atoms with Crippen molar-refractivity contribution < 1.29 is 14.3 Å². The van der Waals surface area contributed by atoms with E-state index in [0.717, 1.165) is 23.3 Å². The SMILES string of the molecule is O=C(Cn1c([C@@H]2CC(=O)N(CCc3ccccc3)C2)nc2ccccc21)N1CCOCC1. The molecule has 2 amide bonds. The fourth-order valence-electron chi connectivity index (χ4n) is 4.69. The number of aromatic nitrogens is 2. The normalized spacial score (nSPS) is 19.1. The van der Waals surface area contributed by atoms with Gasteiger partial charge in [0.15, 0.2) is 0 Å². The van der Waals surface area contributed by atoms with Gasteiger partial charge in [-0.3, -0.25) is 9.59 Å². The molecule has 0 saturated carbocycles. The number of nitrogens with zero attached hydrogens (tertiary/aromatic N) is 4. The maximum atomic E-state index is 13.0. The molecule has 3 heterocycles. The second-order valence-electron chi connectivity index (χ2n) is 8.51. The Morgan fingerprint density at radius 1 is 1.03 bits per heavy atom. The number of carbonyl (C=O) groups excluding carboxylic acids is 2. The molecule has 0 radical (unpaired) electrons. The van der Waals surface area contributed by atoms with Crippen molar-refractivity contribution in [3.8, 4) is 0 Å². The van der Waals surface area contributed by atoms with Crippen LogP contribution in [0.5, 0.6) is 0 Å². The smallest absolute Gasteiger partial charge is 0.242 e. The molecular formula is C25H28N4O3. The Morgan fingerprint density at radius 3 is 2.59 bits per heavy atom. The fourth-order valence-corrected chi connectivity index (χ4v) is 4.69. The monoisotopic (exact) mass is 432 g/mol. The minimum Gasteiger partial charge on any atom is -0.378 e. The van der Waals surface area contributed by atoms with Gasteiger partial charge in [-0.15, -0.1) is 0 Å². The lowest BCUT2D eigenvalue weighted by Crippen LogP contribution is -2.42. The Kier molecular flexibility index (Phi) is 5.90. The molecule has 2 fully saturated rings. The molecular weight excluding hydrogens is 404 g/mol. The first-order valence-electron chi connectivity index (χ1n) is 11.3. The highest BCUT2D eigenvalue weighted by Crippen LogP contribution is 2.30. The Hall–Kier alpha value is -3.19. The van der Waals surface area contributed by atoms with Crippen LogP contribution in [0.1, 0.15) is 23.7 Å². The van der Waals surface area contributed by atoms with E-state index >= 15 is 0 Å². The van der Waals surface area contributed by atoms with E-state index in [2.05, 4.69) is 12.1 Å². The van der Waals surface area contributed by atoms with Crippen molar-refractivity contribution in [3.05, 3.63) is 66.0 Å². The highest BCUT2D eigenvalue weighted by atomic mass is 16.5. The zero-order valence-electron chi connectivity index (χ0n) is 18.2. The number of rotatable bonds is 6. The molecule has 2 aliphatic heterocycles. The Labute approximate surface area is 187 Å². The molecule has 0 aliphatic carbocycles. The van der Waals surface area contributed by atoms with Crippen LogP contribution in [-0.4, -0.2) is 70.6 Å². The van der Waals surface area contributed by atoms with E-state index in [4.69, 9.17) is 9.72 Å². The van der Waals surface area contributed by atoms with Crippen LogP contribution in [0, 0.1) is 0 Å². The molecule has 2 saturated heterocycles. The Bertz CT molecular complexity index is 1100. The number of likely N-dealkylation sites (tertiary alicyclic amines) is 1. The van der Waals surface area contributed by atoms with Gasteiger partial charge in [0.05, 0.1) is 24.2 Å². The van der Waals surface area contributed by atoms with Crippen molar-refractivity contribution in [2.45, 2.75) is 25.3 Å². The molecule has 2 aliphatic rings. The van der Waals surface area contributed by atoms with Gasteiger partial charge in [-0.2, -0.15) is 0 Å². The third-order valence-electron chi connectivity index (χ3n) is 6.43. The van der Waals surface area contributed by atoms with Gasteiger partial charge < -0.3 is 19.1 Å². The summed E-state index contributed by atoms with van der Waals surface area (Å²) < 4.78 is 7.40. The summed E-state index contributed by atoms with van der Waals surface area (Å²) in [6.07, 6.45) is 1.27. The number of para-hydroxylation sites is 2. The lowest BCUT2D eigenvalue weighted by molar-refractivity contribution is -0.135. The van der Waals surface area contributed by atoms with Crippen LogP contribution in [-0.2, 0) is 27.3 Å². The standard InChI is InChI=1S/C25H28N4O3/c30-23-16-20(17-28(23)11-10-19-6-2-1-3-7-19)25-26-21-8-4-5-9-22(21)29(25)18-24(31)27-12-14-32-15-13-27/h1-9,20H,10-18H2/t20-/m1/s1. The van der Waals surface area contributed by atoms with Gasteiger partial charge in [-0.1, -0.05) is 42.5 Å². The van der Waals surface area contributed by atoms with Crippen molar-refractivity contribution in [2.24, 2.45) is 0 Å². The largest absolute Gasteiger partial charge is 0.378 e. The molecule has 2 aromatic carbocycles. The number of hydrogen-bond donors (Lipinski definition) is 0. The number of amides is 2. The number of benzene rings is 2. The number of carbonyl (C=O) groups is 2. The minimum atomic E-state index is -0.0110. The Balaban J connectivity index is 1.36. The zero-order chi connectivity index (χ0) is 21.9. The maximum Gasteiger partial charge on any atom is 0.242 e. The van der Waals surface area contributed by atoms with E-state index in [1.807, 2.05) is 56.8 Å². The summed E-state index contributed by atoms with van der Waals surface area (Å²) in [5.41, 5.74) is 3.04. The molecule has 166 valence electrons. The summed E-state index contributed by atoms with van der Waals surface area (Å²) in [6, 6.07) is 18.1. The molecule has 32 heavy (non-hydrogen) atoms. The summed E-state index contributed by atoms with van der Waals surface area (Å²) in [5.74, 6) is 1.05. The molecule has 1 aromatic heterocycles. The van der Waals surface area contributed by atoms with E-state index in [0.29, 0.717) is 45.8 Å². The first-order chi connectivity index (χ1) is 15.7. The molecule has 1 atom stereocenters. The zero-order valence-corrected chi connectivity index (χ0v) is 18.2. The lowest BCUT2D eigenvalue weighted by atomic mass is 10.1. The number of hydrogen-bond acceptors (Lipinski definition) is 4. The first-order valence-corrected chi connectivity index (χ1v) is 11.3. The topological polar surface area (TPSA) is 67.7 Å². The van der Waals surface area contributed by atoms with E-state index in [1.165, 1.54) is 5.56 Å². The molecule has 0 spiro atoms. The van der Waals surface area contributed by atoms with Gasteiger partial charge in [-0.25, -0.2) is 4.98 Å². The third-order valence-corrected chi connectivity index (χ3v) is 6.43. The minimum absolute atomic E-state index is 0.0110. The average molecular weight is 433 g/mol. The molecule has 0 bridgehead atoms. The maximum absolute atomic E-state index is 13.0. The van der Waals surface area contributed by atoms with Crippen molar-refractivity contribution in [1.82, 2.24) is 19.4 Å². The number of fused-ring (bicyclic) bond motifs is 1. The summed E-state index contributed by atoms with van der Waals surface area (Å²) >= 11 is 0. The second-order valence-corrected chi connectivity index (χ2v) is 8.51. The van der Waals surface area contributed by atoms with Crippen LogP contribution in [0.15, 0.2) is 54.6 Å². The third kappa shape index (κ3) is 4.25. The molecule has 5 rings (SSSR count). The van der Waals surface area contributed by atoms with Crippen LogP contribution in [0.2, 0.25) is 0 Å². The summed E-state index contributed by atoms with van der Waals surface area (Å²) in [7, 11) is 0. The average Bonchev–Trinajstić information content (AvgIpc) is 3.39. The molecule has 3 aromatic rings. The predicted molar refractivity (Wildman–Crippen MR) is 121 cm³/mol. The van der Waals surface area contributed by atoms with Gasteiger partial charge in [-0.05, 0) is 24.1 Å². The number of imidazole rings is 1. The molecule has 7 heteroatoms. The van der Waals surface area contributed by atoms with Crippen LogP contribution >= 0.6 is 0 Å². The highest BCUT2D eigenvalue weighted by Gasteiger charge is 2.34. The van der Waals surface area contributed by atoms with Crippen molar-refractivity contribution in [2.75, 3.05) is 39.4 Å². The quantitative estimate of drug-likeness (QED) is 0.600. The van der Waals surface area contributed by atoms with Crippen molar-refractivity contribution >= 4 is 22.8 Å². The highest BCUT2D eigenvalue weighted by molar-refractivity contribution is 5.83. The van der Waals surface area contributed by atoms with Gasteiger partial charge in [0.1, 0.15) is 12.4 Å². The summed E-state index contributed by atoms with van der Waals surface area (Å²) in [5, 5.41) is 0. The van der Waals surface area contributed by atoms with E-state index in [-0.39, 0.29) is 24.3 Å².